The molecule has 1 aromatic heterocycles. The number of rotatable bonds is 4. The molecule has 0 aliphatic carbocycles. The molecule has 2 aromatic rings. The third-order valence-electron chi connectivity index (χ3n) is 2.34. The third kappa shape index (κ3) is 3.35. The number of nitrogens with one attached hydrogen (secondary N) is 1. The van der Waals surface area contributed by atoms with E-state index < -0.39 is 6.09 Å². The molecule has 1 amide bonds. The monoisotopic (exact) mass is 245 g/mol. The van der Waals surface area contributed by atoms with Crippen molar-refractivity contribution in [3.05, 3.63) is 48.3 Å². The number of ether oxygens (including phenoxy) is 1. The number of nitrogens with zero attached hydrogens (tertiary/aromatic N) is 2. The van der Waals surface area contributed by atoms with Crippen LogP contribution in [0.1, 0.15) is 12.5 Å². The van der Waals surface area contributed by atoms with E-state index in [1.807, 2.05) is 30.3 Å². The van der Waals surface area contributed by atoms with Crippen molar-refractivity contribution in [1.82, 2.24) is 9.78 Å². The second-order valence-electron chi connectivity index (χ2n) is 3.76. The van der Waals surface area contributed by atoms with Crippen molar-refractivity contribution in [2.45, 2.75) is 13.5 Å². The molecule has 0 fully saturated rings. The van der Waals surface area contributed by atoms with Gasteiger partial charge in [-0.15, -0.1) is 0 Å². The molecule has 94 valence electrons. The molecule has 0 saturated heterocycles. The van der Waals surface area contributed by atoms with Crippen LogP contribution in [0.25, 0.3) is 0 Å². The molecule has 0 saturated carbocycles. The van der Waals surface area contributed by atoms with E-state index in [-0.39, 0.29) is 0 Å². The van der Waals surface area contributed by atoms with Gasteiger partial charge in [-0.1, -0.05) is 30.3 Å². The highest BCUT2D eigenvalue weighted by Crippen LogP contribution is 2.08. The van der Waals surface area contributed by atoms with E-state index in [4.69, 9.17) is 4.74 Å². The van der Waals surface area contributed by atoms with Gasteiger partial charge in [0.1, 0.15) is 0 Å². The van der Waals surface area contributed by atoms with Crippen molar-refractivity contribution in [1.29, 1.82) is 0 Å². The Morgan fingerprint density at radius 2 is 2.17 bits per heavy atom. The van der Waals surface area contributed by atoms with Crippen LogP contribution in [-0.4, -0.2) is 22.5 Å². The van der Waals surface area contributed by atoms with Crippen molar-refractivity contribution in [2.75, 3.05) is 11.9 Å². The Morgan fingerprint density at radius 3 is 2.89 bits per heavy atom. The van der Waals surface area contributed by atoms with E-state index in [0.29, 0.717) is 18.8 Å². The van der Waals surface area contributed by atoms with Crippen molar-refractivity contribution >= 4 is 11.8 Å². The summed E-state index contributed by atoms with van der Waals surface area (Å²) in [5.41, 5.74) is 1.78. The van der Waals surface area contributed by atoms with Gasteiger partial charge in [-0.2, -0.15) is 5.10 Å². The molecule has 5 heteroatoms. The van der Waals surface area contributed by atoms with Gasteiger partial charge >= 0.3 is 6.09 Å². The predicted octanol–water partition coefficient (Wildman–Crippen LogP) is 2.50. The third-order valence-corrected chi connectivity index (χ3v) is 2.34. The van der Waals surface area contributed by atoms with E-state index in [0.717, 1.165) is 5.56 Å². The number of carbonyl (C=O) groups is 1. The maximum absolute atomic E-state index is 11.2. The summed E-state index contributed by atoms with van der Waals surface area (Å²) < 4.78 is 6.55. The van der Waals surface area contributed by atoms with Crippen molar-refractivity contribution in [3.8, 4) is 0 Å². The number of hydrogen-bond donors (Lipinski definition) is 1. The Labute approximate surface area is 105 Å². The summed E-state index contributed by atoms with van der Waals surface area (Å²) in [6, 6.07) is 9.99. The predicted molar refractivity (Wildman–Crippen MR) is 68.4 cm³/mol. The molecule has 0 aliphatic heterocycles. The number of anilines is 1. The molecule has 0 aliphatic rings. The lowest BCUT2D eigenvalue weighted by Crippen LogP contribution is -2.12. The molecular weight excluding hydrogens is 230 g/mol. The van der Waals surface area contributed by atoms with Gasteiger partial charge in [0.2, 0.25) is 0 Å². The van der Waals surface area contributed by atoms with Crippen LogP contribution >= 0.6 is 0 Å². The fourth-order valence-corrected chi connectivity index (χ4v) is 1.57. The Kier molecular flexibility index (Phi) is 3.96. The highest BCUT2D eigenvalue weighted by molar-refractivity contribution is 5.84. The highest BCUT2D eigenvalue weighted by Gasteiger charge is 2.04. The average molecular weight is 245 g/mol. The molecule has 5 nitrogen and oxygen atoms in total. The summed E-state index contributed by atoms with van der Waals surface area (Å²) in [5, 5.41) is 6.78. The Balaban J connectivity index is 1.96. The van der Waals surface area contributed by atoms with E-state index in [2.05, 4.69) is 10.4 Å². The fraction of sp³-hybridized carbons (Fsp3) is 0.231. The smallest absolute Gasteiger partial charge is 0.411 e. The molecule has 0 unspecified atom stereocenters. The minimum atomic E-state index is -0.461. The lowest BCUT2D eigenvalue weighted by Gasteiger charge is -2.02. The van der Waals surface area contributed by atoms with Crippen LogP contribution in [0.5, 0.6) is 0 Å². The lowest BCUT2D eigenvalue weighted by atomic mass is 10.2. The number of amides is 1. The lowest BCUT2D eigenvalue weighted by molar-refractivity contribution is 0.168. The van der Waals surface area contributed by atoms with Gasteiger partial charge in [-0.3, -0.25) is 10.00 Å². The zero-order chi connectivity index (χ0) is 12.8. The summed E-state index contributed by atoms with van der Waals surface area (Å²) in [4.78, 5) is 11.2. The molecule has 1 heterocycles. The highest BCUT2D eigenvalue weighted by atomic mass is 16.5. The van der Waals surface area contributed by atoms with Crippen LogP contribution in [0.4, 0.5) is 10.5 Å². The second kappa shape index (κ2) is 5.86. The minimum Gasteiger partial charge on any atom is -0.450 e. The molecule has 1 aromatic carbocycles. The number of aromatic nitrogens is 2. The van der Waals surface area contributed by atoms with E-state index in [9.17, 15) is 4.79 Å². The quantitative estimate of drug-likeness (QED) is 0.900. The van der Waals surface area contributed by atoms with E-state index >= 15 is 0 Å². The van der Waals surface area contributed by atoms with Crippen LogP contribution in [-0.2, 0) is 11.3 Å². The van der Waals surface area contributed by atoms with Gasteiger partial charge in [-0.05, 0) is 12.5 Å². The van der Waals surface area contributed by atoms with Crippen LogP contribution in [0.15, 0.2) is 42.7 Å². The average Bonchev–Trinajstić information content (AvgIpc) is 2.78. The molecule has 18 heavy (non-hydrogen) atoms. The normalized spacial score (nSPS) is 10.1. The number of carbonyl (C=O) groups excluding carboxylic acids is 1. The summed E-state index contributed by atoms with van der Waals surface area (Å²) >= 11 is 0. The summed E-state index contributed by atoms with van der Waals surface area (Å²) in [6.07, 6.45) is 2.90. The number of benzene rings is 1. The Morgan fingerprint density at radius 1 is 1.39 bits per heavy atom. The van der Waals surface area contributed by atoms with Gasteiger partial charge in [0.05, 0.1) is 25.0 Å². The van der Waals surface area contributed by atoms with Crippen LogP contribution < -0.4 is 5.32 Å². The van der Waals surface area contributed by atoms with Crippen molar-refractivity contribution < 1.29 is 9.53 Å². The first-order chi connectivity index (χ1) is 8.78. The fourth-order valence-electron chi connectivity index (χ4n) is 1.57. The van der Waals surface area contributed by atoms with Gasteiger partial charge in [0.15, 0.2) is 0 Å². The first kappa shape index (κ1) is 12.2. The Hall–Kier alpha value is -2.30. The van der Waals surface area contributed by atoms with E-state index in [1.165, 1.54) is 0 Å². The summed E-state index contributed by atoms with van der Waals surface area (Å²) in [5.74, 6) is 0. The molecule has 0 bridgehead atoms. The van der Waals surface area contributed by atoms with Crippen LogP contribution in [0.2, 0.25) is 0 Å². The first-order valence-electron chi connectivity index (χ1n) is 5.78. The molecule has 2 rings (SSSR count). The van der Waals surface area contributed by atoms with Crippen LogP contribution in [0, 0.1) is 0 Å². The molecule has 0 radical (unpaired) electrons. The summed E-state index contributed by atoms with van der Waals surface area (Å²) in [6.45, 7) is 2.79. The van der Waals surface area contributed by atoms with Gasteiger partial charge in [0, 0.05) is 6.20 Å². The minimum absolute atomic E-state index is 0.351. The molecule has 0 atom stereocenters. The first-order valence-corrected chi connectivity index (χ1v) is 5.78. The number of hydrogen-bond acceptors (Lipinski definition) is 3. The maximum atomic E-state index is 11.2. The Bertz CT molecular complexity index is 508. The SMILES string of the molecule is CCOC(=O)Nc1cnn(Cc2ccccc2)c1. The summed E-state index contributed by atoms with van der Waals surface area (Å²) in [7, 11) is 0. The largest absolute Gasteiger partial charge is 0.450 e. The molecular formula is C13H15N3O2. The van der Waals surface area contributed by atoms with Gasteiger partial charge in [0.25, 0.3) is 0 Å². The topological polar surface area (TPSA) is 56.1 Å². The van der Waals surface area contributed by atoms with E-state index in [1.54, 1.807) is 24.0 Å². The second-order valence-corrected chi connectivity index (χ2v) is 3.76. The van der Waals surface area contributed by atoms with Crippen LogP contribution in [0.3, 0.4) is 0 Å². The van der Waals surface area contributed by atoms with Crippen molar-refractivity contribution in [2.24, 2.45) is 0 Å². The zero-order valence-electron chi connectivity index (χ0n) is 10.2. The molecule has 0 spiro atoms. The zero-order valence-corrected chi connectivity index (χ0v) is 10.2. The van der Waals surface area contributed by atoms with Gasteiger partial charge in [-0.25, -0.2) is 4.79 Å². The maximum Gasteiger partial charge on any atom is 0.411 e. The van der Waals surface area contributed by atoms with Gasteiger partial charge < -0.3 is 4.74 Å². The standard InChI is InChI=1S/C13H15N3O2/c1-2-18-13(17)15-12-8-14-16(10-12)9-11-6-4-3-5-7-11/h3-8,10H,2,9H2,1H3,(H,15,17). The van der Waals surface area contributed by atoms with Crippen molar-refractivity contribution in [3.63, 3.8) is 0 Å². The molecule has 1 N–H and O–H groups in total.